The smallest absolute Gasteiger partial charge is 0.490 e. The van der Waals surface area contributed by atoms with Crippen molar-refractivity contribution in [2.24, 2.45) is 0 Å². The molecule has 40 heavy (non-hydrogen) atoms. The first-order valence-electron chi connectivity index (χ1n) is 11.3. The number of alkyl halides is 3. The van der Waals surface area contributed by atoms with Gasteiger partial charge in [-0.15, -0.1) is 0 Å². The van der Waals surface area contributed by atoms with Crippen molar-refractivity contribution in [3.8, 4) is 22.6 Å². The van der Waals surface area contributed by atoms with E-state index in [1.165, 1.54) is 30.5 Å². The lowest BCUT2D eigenvalue weighted by molar-refractivity contribution is -0.192. The molecule has 0 spiro atoms. The number of fused-ring (bicyclic) bond motifs is 1. The van der Waals surface area contributed by atoms with Crippen LogP contribution in [0.5, 0.6) is 11.5 Å². The van der Waals surface area contributed by atoms with Gasteiger partial charge < -0.3 is 24.8 Å². The van der Waals surface area contributed by atoms with Crippen molar-refractivity contribution in [2.45, 2.75) is 25.2 Å². The zero-order valence-corrected chi connectivity index (χ0v) is 20.3. The molecular weight excluding hydrogens is 542 g/mol. The van der Waals surface area contributed by atoms with E-state index in [4.69, 9.17) is 14.3 Å². The molecule has 0 bridgehead atoms. The SMILES string of the molecule is O=C(O)C(F)(F)F.O=C(O)[C@@H](Cc1ccccc1)NCc1c(O)cc(O)c2c(=O)c(-c3ccc(F)cc3)coc12. The molecule has 4 rings (SSSR count). The average Bonchev–Trinajstić information content (AvgIpc) is 2.88. The van der Waals surface area contributed by atoms with E-state index in [1.54, 1.807) is 24.3 Å². The summed E-state index contributed by atoms with van der Waals surface area (Å²) in [4.78, 5) is 33.7. The number of aromatic hydroxyl groups is 2. The number of halogens is 4. The molecule has 0 saturated carbocycles. The van der Waals surface area contributed by atoms with Crippen LogP contribution in [-0.2, 0) is 22.6 Å². The molecule has 5 N–H and O–H groups in total. The number of carboxylic acid groups (broad SMARTS) is 2. The topological polar surface area (TPSA) is 157 Å². The number of hydrogen-bond acceptors (Lipinski definition) is 7. The van der Waals surface area contributed by atoms with E-state index < -0.39 is 41.2 Å². The van der Waals surface area contributed by atoms with Crippen LogP contribution in [0.4, 0.5) is 17.6 Å². The fraction of sp³-hybridized carbons (Fsp3) is 0.148. The summed E-state index contributed by atoms with van der Waals surface area (Å²) in [6.45, 7) is -0.134. The van der Waals surface area contributed by atoms with Gasteiger partial charge in [0.25, 0.3) is 0 Å². The molecule has 0 amide bonds. The number of benzene rings is 3. The van der Waals surface area contributed by atoms with Gasteiger partial charge in [0.2, 0.25) is 5.43 Å². The van der Waals surface area contributed by atoms with Crippen LogP contribution in [0.25, 0.3) is 22.1 Å². The molecule has 0 radical (unpaired) electrons. The zero-order valence-electron chi connectivity index (χ0n) is 20.3. The third-order valence-electron chi connectivity index (χ3n) is 5.61. The molecule has 0 aliphatic heterocycles. The van der Waals surface area contributed by atoms with Crippen molar-refractivity contribution in [1.82, 2.24) is 5.32 Å². The minimum absolute atomic E-state index is 0.0697. The Balaban J connectivity index is 0.000000559. The lowest BCUT2D eigenvalue weighted by atomic mass is 10.0. The molecule has 0 fully saturated rings. The highest BCUT2D eigenvalue weighted by Crippen LogP contribution is 2.34. The molecular formula is C27H21F4NO8. The molecule has 4 aromatic rings. The lowest BCUT2D eigenvalue weighted by Gasteiger charge is -2.16. The number of nitrogens with one attached hydrogen (secondary N) is 1. The van der Waals surface area contributed by atoms with Crippen LogP contribution in [0.15, 0.2) is 76.1 Å². The van der Waals surface area contributed by atoms with E-state index >= 15 is 0 Å². The number of rotatable bonds is 7. The molecule has 0 aliphatic rings. The summed E-state index contributed by atoms with van der Waals surface area (Å²) >= 11 is 0. The van der Waals surface area contributed by atoms with Crippen LogP contribution in [0.3, 0.4) is 0 Å². The van der Waals surface area contributed by atoms with E-state index in [-0.39, 0.29) is 40.8 Å². The second kappa shape index (κ2) is 12.3. The summed E-state index contributed by atoms with van der Waals surface area (Å²) < 4.78 is 50.6. The largest absolute Gasteiger partial charge is 0.507 e. The third kappa shape index (κ3) is 7.14. The Labute approximate surface area is 222 Å². The minimum Gasteiger partial charge on any atom is -0.507 e. The fourth-order valence-electron chi connectivity index (χ4n) is 3.65. The Bertz CT molecular complexity index is 1570. The first kappa shape index (κ1) is 29.6. The number of aliphatic carboxylic acids is 2. The van der Waals surface area contributed by atoms with Gasteiger partial charge in [-0.3, -0.25) is 14.9 Å². The van der Waals surface area contributed by atoms with E-state index in [0.29, 0.717) is 5.56 Å². The van der Waals surface area contributed by atoms with Crippen molar-refractivity contribution in [3.63, 3.8) is 0 Å². The van der Waals surface area contributed by atoms with Gasteiger partial charge in [0.15, 0.2) is 0 Å². The summed E-state index contributed by atoms with van der Waals surface area (Å²) in [5.41, 5.74) is 0.806. The quantitative estimate of drug-likeness (QED) is 0.205. The van der Waals surface area contributed by atoms with Gasteiger partial charge in [-0.05, 0) is 29.7 Å². The second-order valence-corrected chi connectivity index (χ2v) is 8.35. The van der Waals surface area contributed by atoms with Crippen LogP contribution in [-0.4, -0.2) is 44.6 Å². The Morgan fingerprint density at radius 3 is 2.10 bits per heavy atom. The van der Waals surface area contributed by atoms with Crippen LogP contribution < -0.4 is 10.7 Å². The summed E-state index contributed by atoms with van der Waals surface area (Å²) in [6, 6.07) is 14.3. The van der Waals surface area contributed by atoms with Crippen molar-refractivity contribution < 1.29 is 52.0 Å². The van der Waals surface area contributed by atoms with Crippen molar-refractivity contribution in [3.05, 3.63) is 94.1 Å². The minimum atomic E-state index is -5.08. The molecule has 0 unspecified atom stereocenters. The lowest BCUT2D eigenvalue weighted by Crippen LogP contribution is -2.38. The van der Waals surface area contributed by atoms with E-state index in [9.17, 15) is 42.5 Å². The van der Waals surface area contributed by atoms with Crippen LogP contribution >= 0.6 is 0 Å². The molecule has 1 aromatic heterocycles. The highest BCUT2D eigenvalue weighted by atomic mass is 19.4. The number of phenolic OH excluding ortho intramolecular Hbond substituents is 2. The molecule has 0 saturated heterocycles. The maximum Gasteiger partial charge on any atom is 0.490 e. The molecule has 1 atom stereocenters. The molecule has 9 nitrogen and oxygen atoms in total. The Morgan fingerprint density at radius 1 is 0.950 bits per heavy atom. The first-order valence-corrected chi connectivity index (χ1v) is 11.3. The predicted molar refractivity (Wildman–Crippen MR) is 133 cm³/mol. The molecule has 3 aromatic carbocycles. The first-order chi connectivity index (χ1) is 18.8. The summed E-state index contributed by atoms with van der Waals surface area (Å²) in [6.07, 6.45) is -3.72. The summed E-state index contributed by atoms with van der Waals surface area (Å²) in [7, 11) is 0. The summed E-state index contributed by atoms with van der Waals surface area (Å²) in [5, 5.41) is 40.1. The molecule has 13 heteroatoms. The molecule has 1 heterocycles. The highest BCUT2D eigenvalue weighted by molar-refractivity contribution is 5.90. The van der Waals surface area contributed by atoms with Gasteiger partial charge in [0.1, 0.15) is 40.6 Å². The van der Waals surface area contributed by atoms with Crippen LogP contribution in [0, 0.1) is 5.82 Å². The predicted octanol–water partition coefficient (Wildman–Crippen LogP) is 4.43. The van der Waals surface area contributed by atoms with Gasteiger partial charge in [0.05, 0.1) is 11.1 Å². The number of phenols is 2. The fourth-order valence-corrected chi connectivity index (χ4v) is 3.65. The van der Waals surface area contributed by atoms with Crippen LogP contribution in [0.2, 0.25) is 0 Å². The maximum atomic E-state index is 13.2. The standard InChI is InChI=1S/C25H20FNO6.C2HF3O2/c26-16-8-6-15(7-9-16)18-13-33-24-17(20(28)11-21(29)22(24)23(18)30)12-27-19(25(31)32)10-14-4-2-1-3-5-14;3-2(4,5)1(6)7/h1-9,11,13,19,27-29H,10,12H2,(H,31,32);(H,6,7)/t19-;/m1./s1. The van der Waals surface area contributed by atoms with Gasteiger partial charge in [-0.2, -0.15) is 13.2 Å². The van der Waals surface area contributed by atoms with Crippen molar-refractivity contribution >= 4 is 22.9 Å². The maximum absolute atomic E-state index is 13.2. The highest BCUT2D eigenvalue weighted by Gasteiger charge is 2.38. The average molecular weight is 563 g/mol. The Hall–Kier alpha value is -4.91. The van der Waals surface area contributed by atoms with Crippen LogP contribution in [0.1, 0.15) is 11.1 Å². The number of carboxylic acids is 2. The van der Waals surface area contributed by atoms with Gasteiger partial charge in [0, 0.05) is 12.6 Å². The molecule has 0 aliphatic carbocycles. The molecule has 210 valence electrons. The number of carbonyl (C=O) groups is 2. The van der Waals surface area contributed by atoms with E-state index in [0.717, 1.165) is 11.6 Å². The van der Waals surface area contributed by atoms with Gasteiger partial charge in [-0.1, -0.05) is 42.5 Å². The normalized spacial score (nSPS) is 11.9. The van der Waals surface area contributed by atoms with Crippen molar-refractivity contribution in [1.29, 1.82) is 0 Å². The zero-order chi connectivity index (χ0) is 29.6. The van der Waals surface area contributed by atoms with Crippen molar-refractivity contribution in [2.75, 3.05) is 0 Å². The van der Waals surface area contributed by atoms with Gasteiger partial charge in [-0.25, -0.2) is 9.18 Å². The summed E-state index contributed by atoms with van der Waals surface area (Å²) in [5.74, 6) is -5.14. The Morgan fingerprint density at radius 2 is 1.55 bits per heavy atom. The van der Waals surface area contributed by atoms with Gasteiger partial charge >= 0.3 is 18.1 Å². The second-order valence-electron chi connectivity index (χ2n) is 8.35. The third-order valence-corrected chi connectivity index (χ3v) is 5.61. The monoisotopic (exact) mass is 563 g/mol. The van der Waals surface area contributed by atoms with E-state index in [2.05, 4.69) is 5.32 Å². The number of hydrogen-bond donors (Lipinski definition) is 5. The van der Waals surface area contributed by atoms with E-state index in [1.807, 2.05) is 6.07 Å². The Kier molecular flexibility index (Phi) is 9.11.